The molecule has 0 bridgehead atoms. The van der Waals surface area contributed by atoms with Crippen molar-refractivity contribution in [1.82, 2.24) is 15.2 Å². The van der Waals surface area contributed by atoms with Crippen LogP contribution in [0.2, 0.25) is 0 Å². The maximum atomic E-state index is 13.0. The Bertz CT molecular complexity index is 1170. The number of carbonyl (C=O) groups is 2. The monoisotopic (exact) mass is 452 g/mol. The molecule has 1 aliphatic carbocycles. The van der Waals surface area contributed by atoms with Gasteiger partial charge in [0.1, 0.15) is 11.6 Å². The molecule has 1 atom stereocenters. The molecule has 170 valence electrons. The number of halogens is 1. The fourth-order valence-corrected chi connectivity index (χ4v) is 4.28. The first-order valence-electron chi connectivity index (χ1n) is 10.5. The summed E-state index contributed by atoms with van der Waals surface area (Å²) >= 11 is 0. The number of amides is 1. The van der Waals surface area contributed by atoms with Crippen molar-refractivity contribution < 1.29 is 23.5 Å². The van der Waals surface area contributed by atoms with E-state index in [0.29, 0.717) is 11.4 Å². The Labute approximate surface area is 187 Å². The van der Waals surface area contributed by atoms with Crippen LogP contribution < -0.4 is 15.5 Å². The third-order valence-corrected chi connectivity index (χ3v) is 6.29. The van der Waals surface area contributed by atoms with Gasteiger partial charge in [-0.15, -0.1) is 5.10 Å². The quantitative estimate of drug-likeness (QED) is 0.515. The molecule has 1 unspecified atom stereocenters. The number of aromatic nitrogens is 3. The fraction of sp³-hybridized carbons (Fsp3) is 0.318. The number of rotatable bonds is 6. The fourth-order valence-electron chi connectivity index (χ4n) is 4.28. The molecular weight excluding hydrogens is 431 g/mol. The number of hydrogen-bond donors (Lipinski definition) is 3. The predicted molar refractivity (Wildman–Crippen MR) is 116 cm³/mol. The van der Waals surface area contributed by atoms with Gasteiger partial charge < -0.3 is 25.1 Å². The van der Waals surface area contributed by atoms with Crippen LogP contribution in [0, 0.1) is 17.2 Å². The average molecular weight is 452 g/mol. The number of benzene rings is 1. The lowest BCUT2D eigenvalue weighted by Gasteiger charge is -2.33. The number of hydrogen-bond acceptors (Lipinski definition) is 8. The Morgan fingerprint density at radius 1 is 1.09 bits per heavy atom. The summed E-state index contributed by atoms with van der Waals surface area (Å²) in [5, 5.41) is 22.2. The molecule has 1 aliphatic heterocycles. The molecule has 1 aromatic carbocycles. The number of anilines is 4. The number of carbonyl (C=O) groups excluding carboxylic acids is 1. The van der Waals surface area contributed by atoms with Crippen molar-refractivity contribution in [2.75, 3.05) is 28.6 Å². The number of pyridine rings is 1. The van der Waals surface area contributed by atoms with E-state index in [-0.39, 0.29) is 29.1 Å². The normalized spacial score (nSPS) is 18.7. The maximum absolute atomic E-state index is 13.0. The molecule has 3 N–H and O–H groups in total. The molecular formula is C22H21FN6O4. The molecule has 1 spiro atoms. The molecule has 1 amide bonds. The summed E-state index contributed by atoms with van der Waals surface area (Å²) in [6, 6.07) is 9.12. The Morgan fingerprint density at radius 2 is 1.82 bits per heavy atom. The molecule has 5 rings (SSSR count). The highest BCUT2D eigenvalue weighted by Gasteiger charge is 2.58. The zero-order valence-electron chi connectivity index (χ0n) is 17.5. The van der Waals surface area contributed by atoms with Crippen LogP contribution in [-0.2, 0) is 4.79 Å². The first kappa shape index (κ1) is 20.9. The summed E-state index contributed by atoms with van der Waals surface area (Å²) in [7, 11) is 0. The van der Waals surface area contributed by atoms with E-state index in [1.807, 2.05) is 6.07 Å². The Morgan fingerprint density at radius 3 is 2.45 bits per heavy atom. The van der Waals surface area contributed by atoms with Crippen LogP contribution in [0.5, 0.6) is 0 Å². The SMILES string of the molecule is O=C(Nc1ccc(N2CCC3(CC2)CC3C(=O)O)nc1)c1nnc(Nc2ccc(F)cc2)o1. The molecule has 2 aromatic heterocycles. The molecule has 3 aromatic rings. The van der Waals surface area contributed by atoms with Crippen LogP contribution in [0.25, 0.3) is 0 Å². The summed E-state index contributed by atoms with van der Waals surface area (Å²) in [6.45, 7) is 1.52. The van der Waals surface area contributed by atoms with Crippen LogP contribution >= 0.6 is 0 Å². The zero-order chi connectivity index (χ0) is 23.0. The summed E-state index contributed by atoms with van der Waals surface area (Å²) < 4.78 is 18.3. The van der Waals surface area contributed by atoms with E-state index in [1.54, 1.807) is 12.3 Å². The molecule has 33 heavy (non-hydrogen) atoms. The van der Waals surface area contributed by atoms with E-state index in [2.05, 4.69) is 30.7 Å². The van der Waals surface area contributed by atoms with Gasteiger partial charge in [0.25, 0.3) is 0 Å². The van der Waals surface area contributed by atoms with Crippen LogP contribution in [0.1, 0.15) is 29.9 Å². The molecule has 1 saturated heterocycles. The van der Waals surface area contributed by atoms with Gasteiger partial charge in [0.05, 0.1) is 17.8 Å². The van der Waals surface area contributed by atoms with Crippen molar-refractivity contribution in [3.8, 4) is 0 Å². The largest absolute Gasteiger partial charge is 0.481 e. The minimum atomic E-state index is -0.693. The average Bonchev–Trinajstić information content (AvgIpc) is 3.31. The van der Waals surface area contributed by atoms with E-state index in [4.69, 9.17) is 4.42 Å². The van der Waals surface area contributed by atoms with Gasteiger partial charge in [-0.25, -0.2) is 9.37 Å². The molecule has 11 heteroatoms. The second-order valence-electron chi connectivity index (χ2n) is 8.35. The van der Waals surface area contributed by atoms with Gasteiger partial charge in [0, 0.05) is 18.8 Å². The molecule has 1 saturated carbocycles. The van der Waals surface area contributed by atoms with Gasteiger partial charge in [-0.2, -0.15) is 0 Å². The van der Waals surface area contributed by atoms with Crippen molar-refractivity contribution in [2.24, 2.45) is 11.3 Å². The van der Waals surface area contributed by atoms with Gasteiger partial charge >= 0.3 is 23.8 Å². The summed E-state index contributed by atoms with van der Waals surface area (Å²) in [5.74, 6) is -1.31. The molecule has 0 radical (unpaired) electrons. The predicted octanol–water partition coefficient (Wildman–Crippen LogP) is 3.29. The first-order valence-corrected chi connectivity index (χ1v) is 10.5. The van der Waals surface area contributed by atoms with Gasteiger partial charge in [0.2, 0.25) is 0 Å². The summed E-state index contributed by atoms with van der Waals surface area (Å²) in [4.78, 5) is 30.2. The van der Waals surface area contributed by atoms with Crippen molar-refractivity contribution in [3.63, 3.8) is 0 Å². The smallest absolute Gasteiger partial charge is 0.320 e. The second kappa shape index (κ2) is 8.15. The number of aliphatic carboxylic acids is 1. The molecule has 2 aliphatic rings. The van der Waals surface area contributed by atoms with E-state index >= 15 is 0 Å². The standard InChI is InChI=1S/C22H21FN6O4/c23-13-1-3-14(4-2-13)26-21-28-27-19(33-21)18(30)25-15-5-6-17(24-12-15)29-9-7-22(8-10-29)11-16(22)20(31)32/h1-6,12,16H,7-11H2,(H,25,30)(H,26,28)(H,31,32). The topological polar surface area (TPSA) is 133 Å². The van der Waals surface area contributed by atoms with Crippen molar-refractivity contribution in [1.29, 1.82) is 0 Å². The van der Waals surface area contributed by atoms with Crippen LogP contribution in [-0.4, -0.2) is 45.3 Å². The number of carboxylic acid groups (broad SMARTS) is 1. The second-order valence-corrected chi connectivity index (χ2v) is 8.35. The number of carboxylic acids is 1. The van der Waals surface area contributed by atoms with E-state index < -0.39 is 11.9 Å². The van der Waals surface area contributed by atoms with E-state index in [1.165, 1.54) is 24.3 Å². The lowest BCUT2D eigenvalue weighted by atomic mass is 9.91. The number of piperidine rings is 1. The van der Waals surface area contributed by atoms with Gasteiger partial charge in [-0.1, -0.05) is 5.10 Å². The first-order chi connectivity index (χ1) is 15.9. The Balaban J connectivity index is 1.15. The summed E-state index contributed by atoms with van der Waals surface area (Å²) in [6.07, 6.45) is 4.00. The minimum Gasteiger partial charge on any atom is -0.481 e. The highest BCUT2D eigenvalue weighted by Crippen LogP contribution is 2.59. The third-order valence-electron chi connectivity index (χ3n) is 6.29. The van der Waals surface area contributed by atoms with Crippen LogP contribution in [0.3, 0.4) is 0 Å². The Hall–Kier alpha value is -4.02. The van der Waals surface area contributed by atoms with E-state index in [0.717, 1.165) is 38.2 Å². The number of nitrogens with one attached hydrogen (secondary N) is 2. The molecule has 10 nitrogen and oxygen atoms in total. The Kier molecular flexibility index (Phi) is 5.15. The molecule has 2 fully saturated rings. The van der Waals surface area contributed by atoms with Gasteiger partial charge in [-0.3, -0.25) is 9.59 Å². The highest BCUT2D eigenvalue weighted by atomic mass is 19.1. The summed E-state index contributed by atoms with van der Waals surface area (Å²) in [5.41, 5.74) is 0.970. The molecule has 3 heterocycles. The highest BCUT2D eigenvalue weighted by molar-refractivity contribution is 6.00. The van der Waals surface area contributed by atoms with Crippen molar-refractivity contribution >= 4 is 35.1 Å². The zero-order valence-corrected chi connectivity index (χ0v) is 17.5. The number of nitrogens with zero attached hydrogens (tertiary/aromatic N) is 4. The van der Waals surface area contributed by atoms with Crippen molar-refractivity contribution in [3.05, 3.63) is 54.3 Å². The van der Waals surface area contributed by atoms with Crippen molar-refractivity contribution in [2.45, 2.75) is 19.3 Å². The van der Waals surface area contributed by atoms with Gasteiger partial charge in [-0.05, 0) is 61.1 Å². The maximum Gasteiger partial charge on any atom is 0.320 e. The van der Waals surface area contributed by atoms with E-state index in [9.17, 15) is 19.1 Å². The lowest BCUT2D eigenvalue weighted by molar-refractivity contribution is -0.139. The minimum absolute atomic E-state index is 0.00361. The lowest BCUT2D eigenvalue weighted by Crippen LogP contribution is -2.36. The van der Waals surface area contributed by atoms with Gasteiger partial charge in [0.15, 0.2) is 0 Å². The third kappa shape index (κ3) is 4.34. The van der Waals surface area contributed by atoms with Crippen LogP contribution in [0.4, 0.5) is 27.6 Å². The van der Waals surface area contributed by atoms with Crippen LogP contribution in [0.15, 0.2) is 47.0 Å².